The molecule has 7 heteroatoms. The average molecular weight is 394 g/mol. The second kappa shape index (κ2) is 9.88. The van der Waals surface area contributed by atoms with E-state index in [0.29, 0.717) is 19.6 Å². The zero-order valence-corrected chi connectivity index (χ0v) is 17.7. The maximum Gasteiger partial charge on any atom is 0.317 e. The Morgan fingerprint density at radius 2 is 2.00 bits per heavy atom. The van der Waals surface area contributed by atoms with Gasteiger partial charge in [-0.3, -0.25) is 4.79 Å². The standard InChI is InChI=1S/C20H31N3O3S/c1-6-11-21-20(25)22(14(2)3)12-13-23-18(24)15(4)27-19(23)16-7-9-17(26-5)10-8-16/h7-10,14-15,19H,6,11-13H2,1-5H3,(H,21,25)/t15-,19-/m1/s1. The van der Waals surface area contributed by atoms with E-state index >= 15 is 0 Å². The van der Waals surface area contributed by atoms with Crippen molar-refractivity contribution < 1.29 is 14.3 Å². The van der Waals surface area contributed by atoms with Crippen molar-refractivity contribution in [3.8, 4) is 5.75 Å². The van der Waals surface area contributed by atoms with Crippen molar-refractivity contribution in [1.29, 1.82) is 0 Å². The van der Waals surface area contributed by atoms with Crippen LogP contribution in [0.1, 0.15) is 45.1 Å². The van der Waals surface area contributed by atoms with Gasteiger partial charge in [0.15, 0.2) is 0 Å². The largest absolute Gasteiger partial charge is 0.497 e. The zero-order chi connectivity index (χ0) is 20.0. The number of methoxy groups -OCH3 is 1. The van der Waals surface area contributed by atoms with Crippen LogP contribution in [0, 0.1) is 0 Å². The normalized spacial score (nSPS) is 19.5. The van der Waals surface area contributed by atoms with Gasteiger partial charge in [-0.2, -0.15) is 0 Å². The molecule has 2 atom stereocenters. The third kappa shape index (κ3) is 5.31. The van der Waals surface area contributed by atoms with Crippen LogP contribution >= 0.6 is 11.8 Å². The Hall–Kier alpha value is -1.89. The Balaban J connectivity index is 2.10. The molecule has 27 heavy (non-hydrogen) atoms. The Morgan fingerprint density at radius 3 is 2.56 bits per heavy atom. The highest BCUT2D eigenvalue weighted by molar-refractivity contribution is 8.01. The topological polar surface area (TPSA) is 61.9 Å². The molecule has 0 bridgehead atoms. The molecule has 1 aromatic rings. The number of urea groups is 1. The summed E-state index contributed by atoms with van der Waals surface area (Å²) in [6.07, 6.45) is 0.899. The highest BCUT2D eigenvalue weighted by atomic mass is 32.2. The fourth-order valence-electron chi connectivity index (χ4n) is 3.07. The fraction of sp³-hybridized carbons (Fsp3) is 0.600. The average Bonchev–Trinajstić information content (AvgIpc) is 2.94. The first-order valence-corrected chi connectivity index (χ1v) is 10.5. The molecule has 3 amide bonds. The molecule has 0 unspecified atom stereocenters. The number of ether oxygens (including phenoxy) is 1. The van der Waals surface area contributed by atoms with Gasteiger partial charge in [0.2, 0.25) is 5.91 Å². The van der Waals surface area contributed by atoms with E-state index in [9.17, 15) is 9.59 Å². The molecular weight excluding hydrogens is 362 g/mol. The molecule has 6 nitrogen and oxygen atoms in total. The molecule has 1 aromatic carbocycles. The molecule has 0 saturated carbocycles. The van der Waals surface area contributed by atoms with Crippen molar-refractivity contribution in [3.05, 3.63) is 29.8 Å². The summed E-state index contributed by atoms with van der Waals surface area (Å²) in [5.41, 5.74) is 1.07. The number of carbonyl (C=O) groups is 2. The monoisotopic (exact) mass is 393 g/mol. The molecule has 150 valence electrons. The molecule has 0 aromatic heterocycles. The van der Waals surface area contributed by atoms with E-state index in [4.69, 9.17) is 4.74 Å². The van der Waals surface area contributed by atoms with Crippen LogP contribution in [-0.4, -0.2) is 59.8 Å². The molecule has 0 radical (unpaired) electrons. The molecule has 1 N–H and O–H groups in total. The molecule has 1 aliphatic rings. The first kappa shape index (κ1) is 21.4. The second-order valence-corrected chi connectivity index (χ2v) is 8.38. The van der Waals surface area contributed by atoms with Gasteiger partial charge in [-0.05, 0) is 44.9 Å². The lowest BCUT2D eigenvalue weighted by Crippen LogP contribution is -2.48. The number of rotatable bonds is 8. The summed E-state index contributed by atoms with van der Waals surface area (Å²) >= 11 is 1.65. The van der Waals surface area contributed by atoms with E-state index in [-0.39, 0.29) is 28.6 Å². The van der Waals surface area contributed by atoms with Crippen LogP contribution in [0.2, 0.25) is 0 Å². The minimum Gasteiger partial charge on any atom is -0.497 e. The molecule has 2 rings (SSSR count). The van der Waals surface area contributed by atoms with Gasteiger partial charge in [-0.1, -0.05) is 19.1 Å². The van der Waals surface area contributed by atoms with Crippen molar-refractivity contribution in [3.63, 3.8) is 0 Å². The second-order valence-electron chi connectivity index (χ2n) is 6.95. The molecule has 0 aliphatic carbocycles. The molecular formula is C20H31N3O3S. The Kier molecular flexibility index (Phi) is 7.83. The number of carbonyl (C=O) groups excluding carboxylic acids is 2. The van der Waals surface area contributed by atoms with Crippen molar-refractivity contribution in [2.24, 2.45) is 0 Å². The van der Waals surface area contributed by atoms with Gasteiger partial charge in [0.05, 0.1) is 12.4 Å². The van der Waals surface area contributed by atoms with E-state index in [1.165, 1.54) is 0 Å². The van der Waals surface area contributed by atoms with Crippen molar-refractivity contribution in [1.82, 2.24) is 15.1 Å². The van der Waals surface area contributed by atoms with Crippen LogP contribution in [-0.2, 0) is 4.79 Å². The Bertz CT molecular complexity index is 636. The lowest BCUT2D eigenvalue weighted by Gasteiger charge is -2.31. The first-order valence-electron chi connectivity index (χ1n) is 9.53. The number of amides is 3. The number of hydrogen-bond donors (Lipinski definition) is 1. The maximum atomic E-state index is 12.7. The fourth-order valence-corrected chi connectivity index (χ4v) is 4.38. The first-order chi connectivity index (χ1) is 12.9. The van der Waals surface area contributed by atoms with Gasteiger partial charge in [0.1, 0.15) is 11.1 Å². The van der Waals surface area contributed by atoms with Crippen LogP contribution in [0.4, 0.5) is 4.79 Å². The van der Waals surface area contributed by atoms with Gasteiger partial charge in [0, 0.05) is 25.7 Å². The van der Waals surface area contributed by atoms with E-state index in [1.807, 2.05) is 56.9 Å². The van der Waals surface area contributed by atoms with Crippen molar-refractivity contribution >= 4 is 23.7 Å². The summed E-state index contributed by atoms with van der Waals surface area (Å²) in [5, 5.41) is 2.81. The molecule has 1 heterocycles. The number of benzene rings is 1. The number of nitrogens with zero attached hydrogens (tertiary/aromatic N) is 2. The molecule has 1 fully saturated rings. The van der Waals surface area contributed by atoms with Crippen LogP contribution < -0.4 is 10.1 Å². The molecule has 0 spiro atoms. The molecule has 1 aliphatic heterocycles. The van der Waals surface area contributed by atoms with Gasteiger partial charge >= 0.3 is 6.03 Å². The summed E-state index contributed by atoms with van der Waals surface area (Å²) in [5.74, 6) is 0.921. The minimum atomic E-state index is -0.0847. The summed E-state index contributed by atoms with van der Waals surface area (Å²) < 4.78 is 5.23. The minimum absolute atomic E-state index is 0.0360. The predicted molar refractivity (Wildman–Crippen MR) is 110 cm³/mol. The maximum absolute atomic E-state index is 12.7. The summed E-state index contributed by atoms with van der Waals surface area (Å²) in [7, 11) is 1.64. The number of thioether (sulfide) groups is 1. The van der Waals surface area contributed by atoms with Crippen molar-refractivity contribution in [2.45, 2.75) is 50.8 Å². The predicted octanol–water partition coefficient (Wildman–Crippen LogP) is 3.49. The number of nitrogens with one attached hydrogen (secondary N) is 1. The summed E-state index contributed by atoms with van der Waals surface area (Å²) in [4.78, 5) is 28.8. The van der Waals surface area contributed by atoms with E-state index in [0.717, 1.165) is 17.7 Å². The van der Waals surface area contributed by atoms with Gasteiger partial charge in [-0.15, -0.1) is 11.8 Å². The summed E-state index contributed by atoms with van der Waals surface area (Å²) in [6, 6.07) is 7.84. The third-order valence-corrected chi connectivity index (χ3v) is 6.03. The number of hydrogen-bond acceptors (Lipinski definition) is 4. The van der Waals surface area contributed by atoms with Crippen LogP contribution in [0.5, 0.6) is 5.75 Å². The highest BCUT2D eigenvalue weighted by Gasteiger charge is 2.38. The van der Waals surface area contributed by atoms with E-state index in [1.54, 1.807) is 23.8 Å². The van der Waals surface area contributed by atoms with Gasteiger partial charge in [0.25, 0.3) is 0 Å². The van der Waals surface area contributed by atoms with E-state index < -0.39 is 0 Å². The van der Waals surface area contributed by atoms with Crippen molar-refractivity contribution in [2.75, 3.05) is 26.7 Å². The Labute approximate surface area is 166 Å². The Morgan fingerprint density at radius 1 is 1.33 bits per heavy atom. The lowest BCUT2D eigenvalue weighted by atomic mass is 10.2. The smallest absolute Gasteiger partial charge is 0.317 e. The third-order valence-electron chi connectivity index (χ3n) is 4.64. The highest BCUT2D eigenvalue weighted by Crippen LogP contribution is 2.43. The van der Waals surface area contributed by atoms with Gasteiger partial charge in [-0.25, -0.2) is 4.79 Å². The zero-order valence-electron chi connectivity index (χ0n) is 16.9. The molecule has 1 saturated heterocycles. The quantitative estimate of drug-likeness (QED) is 0.734. The lowest BCUT2D eigenvalue weighted by molar-refractivity contribution is -0.130. The van der Waals surface area contributed by atoms with Crippen LogP contribution in [0.15, 0.2) is 24.3 Å². The van der Waals surface area contributed by atoms with Gasteiger partial charge < -0.3 is 19.9 Å². The summed E-state index contributed by atoms with van der Waals surface area (Å²) in [6.45, 7) is 9.65. The SMILES string of the molecule is CCCNC(=O)N(CCN1C(=O)[C@@H](C)S[C@@H]1c1ccc(OC)cc1)C(C)C. The van der Waals surface area contributed by atoms with E-state index in [2.05, 4.69) is 5.32 Å². The van der Waals surface area contributed by atoms with Crippen LogP contribution in [0.25, 0.3) is 0 Å². The van der Waals surface area contributed by atoms with Crippen LogP contribution in [0.3, 0.4) is 0 Å².